The fraction of sp³-hybridized carbons (Fsp3) is 0.231. The van der Waals surface area contributed by atoms with E-state index in [1.807, 2.05) is 32.0 Å². The van der Waals surface area contributed by atoms with Crippen molar-refractivity contribution in [2.75, 3.05) is 11.1 Å². The van der Waals surface area contributed by atoms with Gasteiger partial charge in [0, 0.05) is 18.8 Å². The largest absolute Gasteiger partial charge is 0.398 e. The number of nitrogens with one attached hydrogen (secondary N) is 1. The molecular formula is C13H16N4O. The molecule has 0 saturated carbocycles. The highest BCUT2D eigenvalue weighted by molar-refractivity contribution is 6.08. The lowest BCUT2D eigenvalue weighted by atomic mass is 10.1. The number of aryl methyl sites for hydroxylation is 3. The first-order chi connectivity index (χ1) is 8.49. The zero-order valence-corrected chi connectivity index (χ0v) is 10.7. The van der Waals surface area contributed by atoms with Gasteiger partial charge in [-0.2, -0.15) is 5.10 Å². The Balaban J connectivity index is 2.30. The number of hydrogen-bond donors (Lipinski definition) is 2. The molecule has 1 amide bonds. The monoisotopic (exact) mass is 244 g/mol. The van der Waals surface area contributed by atoms with Crippen molar-refractivity contribution in [3.05, 3.63) is 41.1 Å². The molecule has 0 aliphatic heterocycles. The highest BCUT2D eigenvalue weighted by atomic mass is 16.1. The number of anilines is 2. The number of rotatable bonds is 2. The molecule has 0 spiro atoms. The summed E-state index contributed by atoms with van der Waals surface area (Å²) in [7, 11) is 1.78. The Morgan fingerprint density at radius 1 is 1.39 bits per heavy atom. The first kappa shape index (κ1) is 12.2. The number of nitrogens with two attached hydrogens (primary N) is 1. The number of amides is 1. The maximum Gasteiger partial charge on any atom is 0.259 e. The van der Waals surface area contributed by atoms with Crippen molar-refractivity contribution in [1.29, 1.82) is 0 Å². The fourth-order valence-electron chi connectivity index (χ4n) is 1.91. The third-order valence-corrected chi connectivity index (χ3v) is 2.78. The molecule has 0 radical (unpaired) electrons. The van der Waals surface area contributed by atoms with Crippen molar-refractivity contribution in [3.8, 4) is 0 Å². The quantitative estimate of drug-likeness (QED) is 0.792. The van der Waals surface area contributed by atoms with E-state index in [4.69, 9.17) is 5.73 Å². The summed E-state index contributed by atoms with van der Waals surface area (Å²) < 4.78 is 1.63. The summed E-state index contributed by atoms with van der Waals surface area (Å²) in [5, 5.41) is 6.98. The van der Waals surface area contributed by atoms with Crippen LogP contribution in [0.1, 0.15) is 21.6 Å². The summed E-state index contributed by atoms with van der Waals surface area (Å²) in [6.07, 6.45) is 0. The lowest BCUT2D eigenvalue weighted by Crippen LogP contribution is -2.17. The van der Waals surface area contributed by atoms with E-state index < -0.39 is 0 Å². The van der Waals surface area contributed by atoms with E-state index in [9.17, 15) is 4.79 Å². The molecule has 5 heteroatoms. The molecule has 0 fully saturated rings. The Hall–Kier alpha value is -2.30. The number of carbonyl (C=O) groups excluding carboxylic acids is 1. The normalized spacial score (nSPS) is 10.4. The molecule has 2 aromatic rings. The number of nitrogens with zero attached hydrogens (tertiary/aromatic N) is 2. The fourth-order valence-corrected chi connectivity index (χ4v) is 1.91. The Labute approximate surface area is 106 Å². The first-order valence-corrected chi connectivity index (χ1v) is 5.66. The molecule has 5 nitrogen and oxygen atoms in total. The van der Waals surface area contributed by atoms with Crippen LogP contribution >= 0.6 is 0 Å². The van der Waals surface area contributed by atoms with Crippen LogP contribution in [0.4, 0.5) is 11.5 Å². The predicted octanol–water partition coefficient (Wildman–Crippen LogP) is 1.87. The standard InChI is InChI=1S/C13H16N4O/c1-8-5-4-6-10(14)12(8)13(18)15-11-7-9(2)16-17(11)3/h4-7H,14H2,1-3H3,(H,15,18). The van der Waals surface area contributed by atoms with Gasteiger partial charge >= 0.3 is 0 Å². The smallest absolute Gasteiger partial charge is 0.259 e. The highest BCUT2D eigenvalue weighted by Crippen LogP contribution is 2.18. The summed E-state index contributed by atoms with van der Waals surface area (Å²) in [5.41, 5.74) is 8.53. The van der Waals surface area contributed by atoms with Gasteiger partial charge in [-0.15, -0.1) is 0 Å². The van der Waals surface area contributed by atoms with Gasteiger partial charge in [-0.3, -0.25) is 9.48 Å². The first-order valence-electron chi connectivity index (χ1n) is 5.66. The van der Waals surface area contributed by atoms with Crippen LogP contribution in [0.25, 0.3) is 0 Å². The number of benzene rings is 1. The molecule has 3 N–H and O–H groups in total. The lowest BCUT2D eigenvalue weighted by molar-refractivity contribution is 0.102. The molecule has 0 bridgehead atoms. The molecule has 1 aromatic carbocycles. The molecule has 1 heterocycles. The summed E-state index contributed by atoms with van der Waals surface area (Å²) in [5.74, 6) is 0.439. The lowest BCUT2D eigenvalue weighted by Gasteiger charge is -2.09. The summed E-state index contributed by atoms with van der Waals surface area (Å²) in [6, 6.07) is 7.22. The van der Waals surface area contributed by atoms with Crippen LogP contribution in [0.2, 0.25) is 0 Å². The van der Waals surface area contributed by atoms with Gasteiger partial charge in [-0.1, -0.05) is 12.1 Å². The van der Waals surface area contributed by atoms with Gasteiger partial charge in [0.05, 0.1) is 11.3 Å². The molecule has 0 atom stereocenters. The van der Waals surface area contributed by atoms with Gasteiger partial charge in [0.2, 0.25) is 0 Å². The second kappa shape index (κ2) is 4.52. The number of nitrogen functional groups attached to an aromatic ring is 1. The minimum absolute atomic E-state index is 0.214. The van der Waals surface area contributed by atoms with Crippen molar-refractivity contribution in [1.82, 2.24) is 9.78 Å². The maximum atomic E-state index is 12.2. The van der Waals surface area contributed by atoms with Crippen LogP contribution in [0.5, 0.6) is 0 Å². The second-order valence-corrected chi connectivity index (χ2v) is 4.29. The Bertz CT molecular complexity index is 581. The van der Waals surface area contributed by atoms with E-state index in [0.29, 0.717) is 17.1 Å². The number of aromatic nitrogens is 2. The molecular weight excluding hydrogens is 228 g/mol. The Kier molecular flexibility index (Phi) is 3.06. The molecule has 0 saturated heterocycles. The van der Waals surface area contributed by atoms with E-state index in [1.165, 1.54) is 0 Å². The minimum atomic E-state index is -0.214. The molecule has 0 aliphatic carbocycles. The molecule has 0 aliphatic rings. The molecule has 94 valence electrons. The minimum Gasteiger partial charge on any atom is -0.398 e. The van der Waals surface area contributed by atoms with E-state index in [0.717, 1.165) is 11.3 Å². The zero-order chi connectivity index (χ0) is 13.3. The van der Waals surface area contributed by atoms with Crippen LogP contribution in [0.15, 0.2) is 24.3 Å². The van der Waals surface area contributed by atoms with E-state index in [-0.39, 0.29) is 5.91 Å². The van der Waals surface area contributed by atoms with Crippen molar-refractivity contribution in [2.24, 2.45) is 7.05 Å². The SMILES string of the molecule is Cc1cc(NC(=O)c2c(C)cccc2N)n(C)n1. The third-order valence-electron chi connectivity index (χ3n) is 2.78. The second-order valence-electron chi connectivity index (χ2n) is 4.29. The zero-order valence-electron chi connectivity index (χ0n) is 10.7. The molecule has 18 heavy (non-hydrogen) atoms. The van der Waals surface area contributed by atoms with Crippen molar-refractivity contribution < 1.29 is 4.79 Å². The van der Waals surface area contributed by atoms with E-state index in [1.54, 1.807) is 17.8 Å². The average Bonchev–Trinajstić information content (AvgIpc) is 2.57. The van der Waals surface area contributed by atoms with Gasteiger partial charge in [0.1, 0.15) is 5.82 Å². The third kappa shape index (κ3) is 2.20. The van der Waals surface area contributed by atoms with E-state index in [2.05, 4.69) is 10.4 Å². The van der Waals surface area contributed by atoms with Gasteiger partial charge in [-0.05, 0) is 25.5 Å². The number of hydrogen-bond acceptors (Lipinski definition) is 3. The van der Waals surface area contributed by atoms with Crippen molar-refractivity contribution >= 4 is 17.4 Å². The summed E-state index contributed by atoms with van der Waals surface area (Å²) >= 11 is 0. The Morgan fingerprint density at radius 3 is 2.67 bits per heavy atom. The van der Waals surface area contributed by atoms with Crippen molar-refractivity contribution in [3.63, 3.8) is 0 Å². The van der Waals surface area contributed by atoms with Gasteiger partial charge < -0.3 is 11.1 Å². The summed E-state index contributed by atoms with van der Waals surface area (Å²) in [4.78, 5) is 12.2. The van der Waals surface area contributed by atoms with Gasteiger partial charge in [0.25, 0.3) is 5.91 Å². The van der Waals surface area contributed by atoms with Gasteiger partial charge in [-0.25, -0.2) is 0 Å². The van der Waals surface area contributed by atoms with Crippen molar-refractivity contribution in [2.45, 2.75) is 13.8 Å². The van der Waals surface area contributed by atoms with Crippen LogP contribution in [0, 0.1) is 13.8 Å². The topological polar surface area (TPSA) is 72.9 Å². The number of carbonyl (C=O) groups is 1. The molecule has 1 aromatic heterocycles. The molecule has 0 unspecified atom stereocenters. The average molecular weight is 244 g/mol. The summed E-state index contributed by atoms with van der Waals surface area (Å²) in [6.45, 7) is 3.73. The highest BCUT2D eigenvalue weighted by Gasteiger charge is 2.14. The maximum absolute atomic E-state index is 12.2. The van der Waals surface area contributed by atoms with E-state index >= 15 is 0 Å². The van der Waals surface area contributed by atoms with Crippen LogP contribution in [0.3, 0.4) is 0 Å². The van der Waals surface area contributed by atoms with Crippen LogP contribution in [-0.2, 0) is 7.05 Å². The molecule has 2 rings (SSSR count). The predicted molar refractivity (Wildman–Crippen MR) is 71.5 cm³/mol. The van der Waals surface area contributed by atoms with Crippen LogP contribution in [-0.4, -0.2) is 15.7 Å². The van der Waals surface area contributed by atoms with Gasteiger partial charge in [0.15, 0.2) is 0 Å². The Morgan fingerprint density at radius 2 is 2.11 bits per heavy atom. The van der Waals surface area contributed by atoms with Crippen LogP contribution < -0.4 is 11.1 Å².